The van der Waals surface area contributed by atoms with Crippen molar-refractivity contribution in [1.29, 1.82) is 0 Å². The number of halogens is 1. The van der Waals surface area contributed by atoms with E-state index in [0.717, 1.165) is 10.4 Å². The van der Waals surface area contributed by atoms with Gasteiger partial charge in [0.05, 0.1) is 4.88 Å². The summed E-state index contributed by atoms with van der Waals surface area (Å²) in [7, 11) is 0. The van der Waals surface area contributed by atoms with Crippen LogP contribution >= 0.6 is 11.3 Å². The smallest absolute Gasteiger partial charge is 0.152 e. The quantitative estimate of drug-likeness (QED) is 0.654. The highest BCUT2D eigenvalue weighted by Gasteiger charge is 1.99. The zero-order chi connectivity index (χ0) is 8.39. The molecular formula is C9H5FNS. The molecule has 1 aromatic carbocycles. The van der Waals surface area contributed by atoms with Crippen molar-refractivity contribution < 1.29 is 4.39 Å². The van der Waals surface area contributed by atoms with E-state index in [9.17, 15) is 4.39 Å². The van der Waals surface area contributed by atoms with Crippen molar-refractivity contribution in [2.45, 2.75) is 0 Å². The highest BCUT2D eigenvalue weighted by atomic mass is 32.1. The minimum atomic E-state index is -0.221. The van der Waals surface area contributed by atoms with Gasteiger partial charge in [-0.2, -0.15) is 0 Å². The molecule has 0 aliphatic heterocycles. The average Bonchev–Trinajstić information content (AvgIpc) is 2.56. The van der Waals surface area contributed by atoms with Crippen molar-refractivity contribution in [3.63, 3.8) is 0 Å². The molecule has 59 valence electrons. The van der Waals surface area contributed by atoms with Crippen LogP contribution in [-0.2, 0) is 0 Å². The normalized spacial score (nSPS) is 10.1. The highest BCUT2D eigenvalue weighted by Crippen LogP contribution is 2.22. The third kappa shape index (κ3) is 1.36. The predicted molar refractivity (Wildman–Crippen MR) is 46.3 cm³/mol. The van der Waals surface area contributed by atoms with Gasteiger partial charge in [-0.25, -0.2) is 9.37 Å². The summed E-state index contributed by atoms with van der Waals surface area (Å²) >= 11 is 1.38. The Morgan fingerprint density at radius 2 is 2.33 bits per heavy atom. The first kappa shape index (κ1) is 7.43. The number of hydrogen-bond acceptors (Lipinski definition) is 2. The van der Waals surface area contributed by atoms with Crippen LogP contribution in [-0.4, -0.2) is 4.98 Å². The number of benzene rings is 1. The van der Waals surface area contributed by atoms with E-state index >= 15 is 0 Å². The standard InChI is InChI=1S/C9H5FNS/c10-8-3-1-2-7(4-8)9-5-11-6-12-9/h1-5H. The lowest BCUT2D eigenvalue weighted by molar-refractivity contribution is 0.628. The summed E-state index contributed by atoms with van der Waals surface area (Å²) in [6, 6.07) is 6.45. The van der Waals surface area contributed by atoms with Gasteiger partial charge >= 0.3 is 0 Å². The second kappa shape index (κ2) is 3.03. The lowest BCUT2D eigenvalue weighted by Crippen LogP contribution is -1.74. The average molecular weight is 178 g/mol. The van der Waals surface area contributed by atoms with Gasteiger partial charge in [-0.05, 0) is 17.7 Å². The first-order valence-electron chi connectivity index (χ1n) is 3.44. The summed E-state index contributed by atoms with van der Waals surface area (Å²) in [5.74, 6) is -0.221. The molecule has 1 radical (unpaired) electrons. The van der Waals surface area contributed by atoms with Gasteiger partial charge in [-0.15, -0.1) is 11.3 Å². The van der Waals surface area contributed by atoms with Crippen LogP contribution in [0.4, 0.5) is 4.39 Å². The molecule has 2 rings (SSSR count). The number of aromatic nitrogens is 1. The molecule has 0 aliphatic carbocycles. The Bertz CT molecular complexity index is 370. The monoisotopic (exact) mass is 178 g/mol. The highest BCUT2D eigenvalue weighted by molar-refractivity contribution is 7.12. The zero-order valence-corrected chi connectivity index (χ0v) is 6.94. The Labute approximate surface area is 73.5 Å². The first-order chi connectivity index (χ1) is 5.86. The van der Waals surface area contributed by atoms with Gasteiger partial charge < -0.3 is 0 Å². The van der Waals surface area contributed by atoms with Crippen LogP contribution in [0.1, 0.15) is 0 Å². The number of nitrogens with zero attached hydrogens (tertiary/aromatic N) is 1. The molecule has 1 aromatic heterocycles. The fourth-order valence-corrected chi connectivity index (χ4v) is 1.52. The molecule has 3 heteroatoms. The van der Waals surface area contributed by atoms with Crippen LogP contribution < -0.4 is 0 Å². The molecule has 0 saturated carbocycles. The Balaban J connectivity index is 2.48. The first-order valence-corrected chi connectivity index (χ1v) is 4.26. The van der Waals surface area contributed by atoms with Gasteiger partial charge in [0.25, 0.3) is 0 Å². The largest absolute Gasteiger partial charge is 0.241 e. The SMILES string of the molecule is Fc1cccc(-c2cn[c]s2)c1. The Morgan fingerprint density at radius 1 is 1.42 bits per heavy atom. The van der Waals surface area contributed by atoms with Crippen molar-refractivity contribution in [3.8, 4) is 10.4 Å². The Morgan fingerprint density at radius 3 is 3.00 bits per heavy atom. The van der Waals surface area contributed by atoms with E-state index in [-0.39, 0.29) is 5.82 Å². The van der Waals surface area contributed by atoms with E-state index in [0.29, 0.717) is 0 Å². The van der Waals surface area contributed by atoms with Crippen molar-refractivity contribution in [3.05, 3.63) is 41.8 Å². The van der Waals surface area contributed by atoms with E-state index in [1.54, 1.807) is 12.3 Å². The van der Waals surface area contributed by atoms with Crippen LogP contribution in [0.5, 0.6) is 0 Å². The fraction of sp³-hybridized carbons (Fsp3) is 0. The molecule has 0 aliphatic rings. The van der Waals surface area contributed by atoms with Crippen LogP contribution in [0.15, 0.2) is 30.5 Å². The Hall–Kier alpha value is -1.22. The molecule has 0 bridgehead atoms. The summed E-state index contributed by atoms with van der Waals surface area (Å²) in [6.07, 6.45) is 1.68. The molecule has 0 saturated heterocycles. The molecule has 0 N–H and O–H groups in total. The summed E-state index contributed by atoms with van der Waals surface area (Å²) in [5, 5.41) is 0. The van der Waals surface area contributed by atoms with Gasteiger partial charge in [-0.3, -0.25) is 0 Å². The topological polar surface area (TPSA) is 12.9 Å². The minimum Gasteiger partial charge on any atom is -0.241 e. The number of hydrogen-bond donors (Lipinski definition) is 0. The van der Waals surface area contributed by atoms with Crippen LogP contribution in [0.3, 0.4) is 0 Å². The van der Waals surface area contributed by atoms with Gasteiger partial charge in [0.2, 0.25) is 0 Å². The van der Waals surface area contributed by atoms with Crippen molar-refractivity contribution in [2.24, 2.45) is 0 Å². The van der Waals surface area contributed by atoms with Crippen molar-refractivity contribution in [1.82, 2.24) is 4.98 Å². The van der Waals surface area contributed by atoms with E-state index < -0.39 is 0 Å². The number of rotatable bonds is 1. The summed E-state index contributed by atoms with van der Waals surface area (Å²) in [5.41, 5.74) is 3.57. The van der Waals surface area contributed by atoms with E-state index in [2.05, 4.69) is 10.5 Å². The lowest BCUT2D eigenvalue weighted by atomic mass is 10.2. The second-order valence-corrected chi connectivity index (χ2v) is 3.15. The van der Waals surface area contributed by atoms with Gasteiger partial charge in [0, 0.05) is 6.20 Å². The van der Waals surface area contributed by atoms with Gasteiger partial charge in [0.15, 0.2) is 5.51 Å². The maximum Gasteiger partial charge on any atom is 0.152 e. The third-order valence-electron chi connectivity index (χ3n) is 1.50. The van der Waals surface area contributed by atoms with Crippen molar-refractivity contribution in [2.75, 3.05) is 0 Å². The molecule has 2 aromatic rings. The predicted octanol–water partition coefficient (Wildman–Crippen LogP) is 2.75. The molecule has 0 atom stereocenters. The maximum atomic E-state index is 12.7. The van der Waals surface area contributed by atoms with Crippen LogP contribution in [0.2, 0.25) is 0 Å². The second-order valence-electron chi connectivity index (χ2n) is 2.33. The number of thiazole rings is 1. The van der Waals surface area contributed by atoms with Gasteiger partial charge in [-0.1, -0.05) is 12.1 Å². The molecule has 0 spiro atoms. The molecular weight excluding hydrogens is 173 g/mol. The molecule has 0 amide bonds. The van der Waals surface area contributed by atoms with E-state index in [1.165, 1.54) is 23.5 Å². The van der Waals surface area contributed by atoms with Gasteiger partial charge in [0.1, 0.15) is 5.82 Å². The molecule has 1 heterocycles. The fourth-order valence-electron chi connectivity index (χ4n) is 0.962. The van der Waals surface area contributed by atoms with Crippen LogP contribution in [0.25, 0.3) is 10.4 Å². The lowest BCUT2D eigenvalue weighted by Gasteiger charge is -1.94. The molecule has 0 unspecified atom stereocenters. The summed E-state index contributed by atoms with van der Waals surface area (Å²) in [4.78, 5) is 4.74. The van der Waals surface area contributed by atoms with Crippen molar-refractivity contribution >= 4 is 11.3 Å². The van der Waals surface area contributed by atoms with Crippen LogP contribution in [0, 0.1) is 11.3 Å². The zero-order valence-electron chi connectivity index (χ0n) is 6.12. The molecule has 12 heavy (non-hydrogen) atoms. The third-order valence-corrected chi connectivity index (χ3v) is 2.26. The Kier molecular flexibility index (Phi) is 1.87. The van der Waals surface area contributed by atoms with E-state index in [1.807, 2.05) is 6.07 Å². The maximum absolute atomic E-state index is 12.7. The summed E-state index contributed by atoms with van der Waals surface area (Å²) in [6.45, 7) is 0. The molecule has 1 nitrogen and oxygen atoms in total. The summed E-state index contributed by atoms with van der Waals surface area (Å²) < 4.78 is 12.7. The molecule has 0 fully saturated rings. The minimum absolute atomic E-state index is 0.221. The van der Waals surface area contributed by atoms with E-state index in [4.69, 9.17) is 0 Å².